The predicted molar refractivity (Wildman–Crippen MR) is 65.2 cm³/mol. The Balaban J connectivity index is 2.32. The minimum absolute atomic E-state index is 0.0393. The molecule has 0 aromatic rings. The van der Waals surface area contributed by atoms with E-state index >= 15 is 0 Å². The molecule has 0 aliphatic carbocycles. The Morgan fingerprint density at radius 2 is 2.06 bits per heavy atom. The maximum absolute atomic E-state index is 11.8. The van der Waals surface area contributed by atoms with E-state index in [0.29, 0.717) is 13.2 Å². The molecule has 18 heavy (non-hydrogen) atoms. The van der Waals surface area contributed by atoms with Gasteiger partial charge in [-0.05, 0) is 34.1 Å². The molecular formula is C13H22O5. The quantitative estimate of drug-likeness (QED) is 0.552. The Morgan fingerprint density at radius 3 is 2.56 bits per heavy atom. The number of rotatable bonds is 5. The van der Waals surface area contributed by atoms with E-state index in [-0.39, 0.29) is 18.3 Å². The lowest BCUT2D eigenvalue weighted by Crippen LogP contribution is -2.31. The molecule has 0 radical (unpaired) electrons. The first kappa shape index (κ1) is 15.1. The lowest BCUT2D eigenvalue weighted by Gasteiger charge is -2.20. The van der Waals surface area contributed by atoms with E-state index < -0.39 is 17.7 Å². The lowest BCUT2D eigenvalue weighted by molar-refractivity contribution is -0.158. The molecule has 1 unspecified atom stereocenters. The van der Waals surface area contributed by atoms with Crippen LogP contribution in [-0.4, -0.2) is 42.8 Å². The molecule has 5 nitrogen and oxygen atoms in total. The summed E-state index contributed by atoms with van der Waals surface area (Å²) in [6.45, 7) is 8.15. The van der Waals surface area contributed by atoms with E-state index in [1.54, 1.807) is 27.7 Å². The van der Waals surface area contributed by atoms with Gasteiger partial charge in [0.1, 0.15) is 18.1 Å². The van der Waals surface area contributed by atoms with E-state index in [9.17, 15) is 9.59 Å². The maximum Gasteiger partial charge on any atom is 0.313 e. The van der Waals surface area contributed by atoms with Crippen LogP contribution in [0.3, 0.4) is 0 Å². The zero-order valence-electron chi connectivity index (χ0n) is 11.5. The van der Waals surface area contributed by atoms with E-state index in [1.165, 1.54) is 0 Å². The molecule has 0 N–H and O–H groups in total. The third-order valence-corrected chi connectivity index (χ3v) is 2.48. The fraction of sp³-hybridized carbons (Fsp3) is 0.846. The first-order chi connectivity index (χ1) is 8.28. The second-order valence-corrected chi connectivity index (χ2v) is 5.49. The molecule has 1 rings (SSSR count). The average Bonchev–Trinajstić information content (AvgIpc) is 2.66. The number of carbonyl (C=O) groups excluding carboxylic acids is 2. The van der Waals surface area contributed by atoms with Crippen LogP contribution in [0.5, 0.6) is 0 Å². The summed E-state index contributed by atoms with van der Waals surface area (Å²) in [7, 11) is 0. The summed E-state index contributed by atoms with van der Waals surface area (Å²) >= 11 is 0. The first-order valence-corrected chi connectivity index (χ1v) is 6.25. The van der Waals surface area contributed by atoms with Crippen molar-refractivity contribution >= 4 is 11.8 Å². The number of esters is 1. The SMILES string of the molecule is CC(O[C@H]1CCOC1)C(=O)CC(=O)OC(C)(C)C. The number of ether oxygens (including phenoxy) is 3. The summed E-state index contributed by atoms with van der Waals surface area (Å²) in [5.41, 5.74) is -0.569. The smallest absolute Gasteiger partial charge is 0.313 e. The van der Waals surface area contributed by atoms with Gasteiger partial charge in [-0.3, -0.25) is 9.59 Å². The average molecular weight is 258 g/mol. The summed E-state index contributed by atoms with van der Waals surface area (Å²) in [4.78, 5) is 23.2. The number of hydrogen-bond donors (Lipinski definition) is 0. The van der Waals surface area contributed by atoms with Gasteiger partial charge in [0, 0.05) is 6.61 Å². The summed E-state index contributed by atoms with van der Waals surface area (Å²) in [6, 6.07) is 0. The Hall–Kier alpha value is -0.940. The van der Waals surface area contributed by atoms with Gasteiger partial charge in [0.05, 0.1) is 12.7 Å². The van der Waals surface area contributed by atoms with Gasteiger partial charge >= 0.3 is 5.97 Å². The van der Waals surface area contributed by atoms with Gasteiger partial charge in [0.2, 0.25) is 0 Å². The summed E-state index contributed by atoms with van der Waals surface area (Å²) < 4.78 is 15.8. The van der Waals surface area contributed by atoms with Crippen LogP contribution < -0.4 is 0 Å². The Kier molecular flexibility index (Phi) is 5.28. The third kappa shape index (κ3) is 5.60. The topological polar surface area (TPSA) is 61.8 Å². The molecule has 0 spiro atoms. The second-order valence-electron chi connectivity index (χ2n) is 5.49. The normalized spacial score (nSPS) is 21.7. The lowest BCUT2D eigenvalue weighted by atomic mass is 10.1. The molecule has 0 bridgehead atoms. The zero-order chi connectivity index (χ0) is 13.8. The van der Waals surface area contributed by atoms with Crippen molar-refractivity contribution in [2.75, 3.05) is 13.2 Å². The van der Waals surface area contributed by atoms with Crippen LogP contribution in [0.4, 0.5) is 0 Å². The van der Waals surface area contributed by atoms with Crippen molar-refractivity contribution in [3.05, 3.63) is 0 Å². The summed E-state index contributed by atoms with van der Waals surface area (Å²) in [6.07, 6.45) is -0.0809. The molecule has 2 atom stereocenters. The highest BCUT2D eigenvalue weighted by atomic mass is 16.6. The van der Waals surface area contributed by atoms with Crippen molar-refractivity contribution in [1.82, 2.24) is 0 Å². The van der Waals surface area contributed by atoms with Crippen molar-refractivity contribution in [2.24, 2.45) is 0 Å². The van der Waals surface area contributed by atoms with E-state index in [2.05, 4.69) is 0 Å². The van der Waals surface area contributed by atoms with Gasteiger partial charge in [0.15, 0.2) is 5.78 Å². The van der Waals surface area contributed by atoms with Crippen LogP contribution in [0.15, 0.2) is 0 Å². The number of ketones is 1. The minimum atomic E-state index is -0.593. The predicted octanol–water partition coefficient (Wildman–Crippen LogP) is 1.48. The molecule has 0 amide bonds. The van der Waals surface area contributed by atoms with Gasteiger partial charge < -0.3 is 14.2 Å². The van der Waals surface area contributed by atoms with Crippen LogP contribution in [0.25, 0.3) is 0 Å². The molecular weight excluding hydrogens is 236 g/mol. The van der Waals surface area contributed by atoms with Crippen molar-refractivity contribution in [2.45, 2.75) is 58.3 Å². The molecule has 5 heteroatoms. The Bertz CT molecular complexity index is 299. The molecule has 1 aliphatic rings. The van der Waals surface area contributed by atoms with Crippen molar-refractivity contribution in [3.8, 4) is 0 Å². The van der Waals surface area contributed by atoms with Crippen LogP contribution in [0.1, 0.15) is 40.5 Å². The number of Topliss-reactive ketones (excluding diaryl/α,β-unsaturated/α-hetero) is 1. The van der Waals surface area contributed by atoms with Gasteiger partial charge in [-0.25, -0.2) is 0 Å². The molecule has 104 valence electrons. The monoisotopic (exact) mass is 258 g/mol. The molecule has 0 aromatic heterocycles. The standard InChI is InChI=1S/C13H22O5/c1-9(17-10-5-6-16-8-10)11(14)7-12(15)18-13(2,3)4/h9-10H,5-8H2,1-4H3/t9?,10-/m0/s1. The molecule has 1 aliphatic heterocycles. The minimum Gasteiger partial charge on any atom is -0.460 e. The largest absolute Gasteiger partial charge is 0.460 e. The molecule has 1 heterocycles. The van der Waals surface area contributed by atoms with E-state index in [4.69, 9.17) is 14.2 Å². The van der Waals surface area contributed by atoms with Crippen LogP contribution in [0.2, 0.25) is 0 Å². The third-order valence-electron chi connectivity index (χ3n) is 2.48. The molecule has 0 aromatic carbocycles. The van der Waals surface area contributed by atoms with E-state index in [1.807, 2.05) is 0 Å². The highest BCUT2D eigenvalue weighted by Gasteiger charge is 2.26. The van der Waals surface area contributed by atoms with Gasteiger partial charge in [0.25, 0.3) is 0 Å². The van der Waals surface area contributed by atoms with Crippen LogP contribution >= 0.6 is 0 Å². The van der Waals surface area contributed by atoms with Gasteiger partial charge in [-0.1, -0.05) is 0 Å². The molecule has 0 saturated carbocycles. The van der Waals surface area contributed by atoms with Crippen molar-refractivity contribution in [1.29, 1.82) is 0 Å². The summed E-state index contributed by atoms with van der Waals surface area (Å²) in [5, 5.41) is 0. The summed E-state index contributed by atoms with van der Waals surface area (Å²) in [5.74, 6) is -0.762. The van der Waals surface area contributed by atoms with Crippen LogP contribution in [0, 0.1) is 0 Å². The van der Waals surface area contributed by atoms with Gasteiger partial charge in [-0.15, -0.1) is 0 Å². The molecule has 1 fully saturated rings. The second kappa shape index (κ2) is 6.29. The Morgan fingerprint density at radius 1 is 1.39 bits per heavy atom. The number of hydrogen-bond acceptors (Lipinski definition) is 5. The first-order valence-electron chi connectivity index (χ1n) is 6.25. The fourth-order valence-electron chi connectivity index (χ4n) is 1.65. The number of carbonyl (C=O) groups is 2. The van der Waals surface area contributed by atoms with Gasteiger partial charge in [-0.2, -0.15) is 0 Å². The Labute approximate surface area is 108 Å². The van der Waals surface area contributed by atoms with Crippen LogP contribution in [-0.2, 0) is 23.8 Å². The molecule has 1 saturated heterocycles. The highest BCUT2D eigenvalue weighted by molar-refractivity contribution is 5.97. The fourth-order valence-corrected chi connectivity index (χ4v) is 1.65. The van der Waals surface area contributed by atoms with Crippen molar-refractivity contribution in [3.63, 3.8) is 0 Å². The van der Waals surface area contributed by atoms with E-state index in [0.717, 1.165) is 6.42 Å². The van der Waals surface area contributed by atoms with Crippen molar-refractivity contribution < 1.29 is 23.8 Å². The highest BCUT2D eigenvalue weighted by Crippen LogP contribution is 2.13. The zero-order valence-corrected chi connectivity index (χ0v) is 11.5. The maximum atomic E-state index is 11.8.